The van der Waals surface area contributed by atoms with Crippen LogP contribution < -0.4 is 5.69 Å². The predicted octanol–water partition coefficient (Wildman–Crippen LogP) is 2.37. The SMILES string of the molecule is CC1CCC(N(C(=O)Cn2cnn(C(C)(C)C)c2=O)C2CC2)CC1. The summed E-state index contributed by atoms with van der Waals surface area (Å²) in [7, 11) is 0. The van der Waals surface area contributed by atoms with Gasteiger partial charge in [0.15, 0.2) is 0 Å². The lowest BCUT2D eigenvalue weighted by Gasteiger charge is -2.36. The van der Waals surface area contributed by atoms with E-state index in [9.17, 15) is 9.59 Å². The lowest BCUT2D eigenvalue weighted by Crippen LogP contribution is -2.46. The zero-order valence-electron chi connectivity index (χ0n) is 15.4. The quantitative estimate of drug-likeness (QED) is 0.849. The van der Waals surface area contributed by atoms with Crippen molar-refractivity contribution in [2.24, 2.45) is 5.92 Å². The number of carbonyl (C=O) groups is 1. The van der Waals surface area contributed by atoms with Gasteiger partial charge in [0.25, 0.3) is 0 Å². The molecule has 2 fully saturated rings. The number of aromatic nitrogens is 3. The Morgan fingerprint density at radius 1 is 1.17 bits per heavy atom. The minimum Gasteiger partial charge on any atom is -0.335 e. The van der Waals surface area contributed by atoms with Gasteiger partial charge < -0.3 is 4.90 Å². The molecular weight excluding hydrogens is 304 g/mol. The lowest BCUT2D eigenvalue weighted by molar-refractivity contribution is -0.135. The van der Waals surface area contributed by atoms with Crippen LogP contribution in [0.5, 0.6) is 0 Å². The van der Waals surface area contributed by atoms with Gasteiger partial charge in [0.1, 0.15) is 12.9 Å². The molecule has 1 aromatic heterocycles. The van der Waals surface area contributed by atoms with Gasteiger partial charge >= 0.3 is 5.69 Å². The molecule has 3 rings (SSSR count). The van der Waals surface area contributed by atoms with Crippen LogP contribution in [-0.4, -0.2) is 37.2 Å². The van der Waals surface area contributed by atoms with Crippen molar-refractivity contribution in [3.8, 4) is 0 Å². The fourth-order valence-corrected chi connectivity index (χ4v) is 3.71. The predicted molar refractivity (Wildman–Crippen MR) is 92.8 cm³/mol. The molecule has 0 unspecified atom stereocenters. The topological polar surface area (TPSA) is 60.1 Å². The maximum Gasteiger partial charge on any atom is 0.346 e. The van der Waals surface area contributed by atoms with Crippen LogP contribution >= 0.6 is 0 Å². The minimum absolute atomic E-state index is 0.0765. The largest absolute Gasteiger partial charge is 0.346 e. The first-order chi connectivity index (χ1) is 11.3. The minimum atomic E-state index is -0.374. The van der Waals surface area contributed by atoms with Gasteiger partial charge in [-0.1, -0.05) is 6.92 Å². The van der Waals surface area contributed by atoms with E-state index in [0.717, 1.165) is 31.6 Å². The molecule has 0 bridgehead atoms. The van der Waals surface area contributed by atoms with E-state index in [1.807, 2.05) is 20.8 Å². The number of hydrogen-bond acceptors (Lipinski definition) is 3. The van der Waals surface area contributed by atoms with E-state index >= 15 is 0 Å². The van der Waals surface area contributed by atoms with Gasteiger partial charge in [-0.2, -0.15) is 5.10 Å². The highest BCUT2D eigenvalue weighted by Gasteiger charge is 2.38. The molecule has 24 heavy (non-hydrogen) atoms. The molecule has 2 aliphatic carbocycles. The van der Waals surface area contributed by atoms with E-state index in [1.165, 1.54) is 28.4 Å². The molecule has 0 aromatic carbocycles. The van der Waals surface area contributed by atoms with Crippen LogP contribution in [0.3, 0.4) is 0 Å². The summed E-state index contributed by atoms with van der Waals surface area (Å²) in [6.07, 6.45) is 8.30. The van der Waals surface area contributed by atoms with Crippen molar-refractivity contribution in [3.05, 3.63) is 16.8 Å². The standard InChI is InChI=1S/C18H30N4O2/c1-13-5-7-14(8-6-13)21(15-9-10-15)16(23)11-20-12-19-22(17(20)24)18(2,3)4/h12-15H,5-11H2,1-4H3. The van der Waals surface area contributed by atoms with Crippen LogP contribution in [0.4, 0.5) is 0 Å². The molecule has 0 N–H and O–H groups in total. The lowest BCUT2D eigenvalue weighted by atomic mass is 9.86. The zero-order valence-corrected chi connectivity index (χ0v) is 15.4. The third kappa shape index (κ3) is 3.57. The number of nitrogens with zero attached hydrogens (tertiary/aromatic N) is 4. The molecule has 0 atom stereocenters. The normalized spacial score (nSPS) is 24.8. The fraction of sp³-hybridized carbons (Fsp3) is 0.833. The molecule has 0 spiro atoms. The number of amides is 1. The summed E-state index contributed by atoms with van der Waals surface area (Å²) in [5.74, 6) is 0.845. The second-order valence-electron chi connectivity index (χ2n) is 8.57. The summed E-state index contributed by atoms with van der Waals surface area (Å²) in [5.41, 5.74) is -0.579. The van der Waals surface area contributed by atoms with Crippen LogP contribution in [-0.2, 0) is 16.9 Å². The molecule has 6 nitrogen and oxygen atoms in total. The van der Waals surface area contributed by atoms with Crippen molar-refractivity contribution < 1.29 is 4.79 Å². The highest BCUT2D eigenvalue weighted by molar-refractivity contribution is 5.77. The Hall–Kier alpha value is -1.59. The highest BCUT2D eigenvalue weighted by atomic mass is 16.2. The molecule has 134 valence electrons. The van der Waals surface area contributed by atoms with Crippen LogP contribution in [0.1, 0.15) is 66.2 Å². The van der Waals surface area contributed by atoms with Crippen LogP contribution in [0.25, 0.3) is 0 Å². The molecule has 2 aliphatic rings. The molecule has 1 aromatic rings. The van der Waals surface area contributed by atoms with Crippen LogP contribution in [0, 0.1) is 5.92 Å². The molecular formula is C18H30N4O2. The number of hydrogen-bond donors (Lipinski definition) is 0. The first kappa shape index (κ1) is 17.2. The first-order valence-corrected chi connectivity index (χ1v) is 9.23. The zero-order chi connectivity index (χ0) is 17.5. The number of rotatable bonds is 4. The average Bonchev–Trinajstić information content (AvgIpc) is 3.25. The smallest absolute Gasteiger partial charge is 0.335 e. The first-order valence-electron chi connectivity index (χ1n) is 9.23. The third-order valence-corrected chi connectivity index (χ3v) is 5.28. The van der Waals surface area contributed by atoms with Gasteiger partial charge in [-0.15, -0.1) is 0 Å². The Morgan fingerprint density at radius 3 is 2.17 bits per heavy atom. The van der Waals surface area contributed by atoms with E-state index in [1.54, 1.807) is 0 Å². The van der Waals surface area contributed by atoms with E-state index < -0.39 is 0 Å². The molecule has 0 radical (unpaired) electrons. The molecule has 1 heterocycles. The van der Waals surface area contributed by atoms with Crippen molar-refractivity contribution in [1.82, 2.24) is 19.2 Å². The summed E-state index contributed by atoms with van der Waals surface area (Å²) in [6.45, 7) is 8.21. The number of carbonyl (C=O) groups excluding carboxylic acids is 1. The van der Waals surface area contributed by atoms with Gasteiger partial charge in [0, 0.05) is 12.1 Å². The van der Waals surface area contributed by atoms with Gasteiger partial charge in [0.05, 0.1) is 5.54 Å². The Morgan fingerprint density at radius 2 is 1.71 bits per heavy atom. The van der Waals surface area contributed by atoms with Crippen molar-refractivity contribution in [2.45, 2.75) is 90.4 Å². The Bertz CT molecular complexity index is 643. The second-order valence-corrected chi connectivity index (χ2v) is 8.57. The maximum absolute atomic E-state index is 12.9. The highest BCUT2D eigenvalue weighted by Crippen LogP contribution is 2.35. The van der Waals surface area contributed by atoms with E-state index in [4.69, 9.17) is 0 Å². The summed E-state index contributed by atoms with van der Waals surface area (Å²) >= 11 is 0. The Labute approximate surface area is 143 Å². The van der Waals surface area contributed by atoms with Crippen molar-refractivity contribution in [3.63, 3.8) is 0 Å². The van der Waals surface area contributed by atoms with Gasteiger partial charge in [-0.3, -0.25) is 9.36 Å². The van der Waals surface area contributed by atoms with Crippen molar-refractivity contribution >= 4 is 5.91 Å². The Balaban J connectivity index is 1.73. The van der Waals surface area contributed by atoms with E-state index in [2.05, 4.69) is 16.9 Å². The third-order valence-electron chi connectivity index (χ3n) is 5.28. The van der Waals surface area contributed by atoms with Gasteiger partial charge in [-0.05, 0) is 65.2 Å². The van der Waals surface area contributed by atoms with Crippen molar-refractivity contribution in [2.75, 3.05) is 0 Å². The molecule has 0 aliphatic heterocycles. The molecule has 6 heteroatoms. The summed E-state index contributed by atoms with van der Waals surface area (Å²) in [6, 6.07) is 0.749. The molecule has 0 saturated heterocycles. The van der Waals surface area contributed by atoms with Gasteiger partial charge in [-0.25, -0.2) is 9.48 Å². The van der Waals surface area contributed by atoms with Crippen molar-refractivity contribution in [1.29, 1.82) is 0 Å². The van der Waals surface area contributed by atoms with Gasteiger partial charge in [0.2, 0.25) is 5.91 Å². The molecule has 1 amide bonds. The van der Waals surface area contributed by atoms with Crippen LogP contribution in [0.15, 0.2) is 11.1 Å². The second kappa shape index (κ2) is 6.37. The molecule has 2 saturated carbocycles. The Kier molecular flexibility index (Phi) is 4.58. The van der Waals surface area contributed by atoms with Crippen LogP contribution in [0.2, 0.25) is 0 Å². The monoisotopic (exact) mass is 334 g/mol. The van der Waals surface area contributed by atoms with E-state index in [0.29, 0.717) is 12.1 Å². The maximum atomic E-state index is 12.9. The summed E-state index contributed by atoms with van der Waals surface area (Å²) in [4.78, 5) is 27.5. The average molecular weight is 334 g/mol. The van der Waals surface area contributed by atoms with E-state index in [-0.39, 0.29) is 23.7 Å². The summed E-state index contributed by atoms with van der Waals surface area (Å²) < 4.78 is 2.90. The fourth-order valence-electron chi connectivity index (χ4n) is 3.71. The summed E-state index contributed by atoms with van der Waals surface area (Å²) in [5, 5.41) is 4.18.